The normalized spacial score (nSPS) is 17.2. The fourth-order valence-electron chi connectivity index (χ4n) is 1.09. The summed E-state index contributed by atoms with van der Waals surface area (Å²) < 4.78 is 5.29. The minimum Gasteiger partial charge on any atom is -0.377 e. The Labute approximate surface area is 79.0 Å². The zero-order valence-corrected chi connectivity index (χ0v) is 8.30. The van der Waals surface area contributed by atoms with Crippen molar-refractivity contribution < 1.29 is 9.53 Å². The molecule has 0 saturated carbocycles. The highest BCUT2D eigenvalue weighted by Crippen LogP contribution is 2.01. The maximum atomic E-state index is 11.3. The molecule has 13 heavy (non-hydrogen) atoms. The highest BCUT2D eigenvalue weighted by Gasteiger charge is 2.23. The lowest BCUT2D eigenvalue weighted by Crippen LogP contribution is -2.51. The summed E-state index contributed by atoms with van der Waals surface area (Å²) >= 11 is 0. The van der Waals surface area contributed by atoms with Crippen LogP contribution in [0.4, 0.5) is 0 Å². The van der Waals surface area contributed by atoms with Gasteiger partial charge in [0.25, 0.3) is 0 Å². The number of amides is 1. The van der Waals surface area contributed by atoms with Crippen LogP contribution in [0.1, 0.15) is 13.8 Å². The van der Waals surface area contributed by atoms with E-state index in [0.29, 0.717) is 13.2 Å². The van der Waals surface area contributed by atoms with Crippen LogP contribution in [0, 0.1) is 5.92 Å². The van der Waals surface area contributed by atoms with E-state index < -0.39 is 0 Å². The summed E-state index contributed by atoms with van der Waals surface area (Å²) in [4.78, 5) is 11.3. The molecule has 1 amide bonds. The van der Waals surface area contributed by atoms with E-state index in [-0.39, 0.29) is 17.9 Å². The fourth-order valence-corrected chi connectivity index (χ4v) is 1.09. The molecule has 2 N–H and O–H groups in total. The van der Waals surface area contributed by atoms with Crippen molar-refractivity contribution >= 4 is 5.91 Å². The number of ether oxygens (including phenoxy) is 1. The van der Waals surface area contributed by atoms with Gasteiger partial charge in [0.1, 0.15) is 0 Å². The summed E-state index contributed by atoms with van der Waals surface area (Å²) in [5.41, 5.74) is 0. The highest BCUT2D eigenvalue weighted by molar-refractivity contribution is 5.79. The molecule has 0 unspecified atom stereocenters. The van der Waals surface area contributed by atoms with Crippen molar-refractivity contribution in [3.8, 4) is 0 Å². The van der Waals surface area contributed by atoms with Crippen LogP contribution in [0.15, 0.2) is 0 Å². The average Bonchev–Trinajstić information content (AvgIpc) is 1.94. The second kappa shape index (κ2) is 5.19. The number of nitrogens with one attached hydrogen (secondary N) is 2. The summed E-state index contributed by atoms with van der Waals surface area (Å²) in [5.74, 6) is 0.324. The highest BCUT2D eigenvalue weighted by atomic mass is 16.5. The molecule has 1 rings (SSSR count). The Morgan fingerprint density at radius 2 is 2.31 bits per heavy atom. The molecule has 0 bridgehead atoms. The van der Waals surface area contributed by atoms with Gasteiger partial charge in [-0.05, 0) is 13.8 Å². The quantitative estimate of drug-likeness (QED) is 0.582. The standard InChI is InChI=1S/C9H18N2O2/c1-7(2)13-4-3-11-9(12)8-5-10-6-8/h7-8,10H,3-6H2,1-2H3,(H,11,12). The topological polar surface area (TPSA) is 50.4 Å². The minimum absolute atomic E-state index is 0.145. The zero-order chi connectivity index (χ0) is 9.68. The predicted octanol–water partition coefficient (Wildman–Crippen LogP) is -0.253. The maximum Gasteiger partial charge on any atom is 0.225 e. The molecular formula is C9H18N2O2. The van der Waals surface area contributed by atoms with Crippen molar-refractivity contribution in [1.82, 2.24) is 10.6 Å². The summed E-state index contributed by atoms with van der Waals surface area (Å²) in [5, 5.41) is 5.89. The Balaban J connectivity index is 1.95. The summed E-state index contributed by atoms with van der Waals surface area (Å²) in [6.07, 6.45) is 0.238. The van der Waals surface area contributed by atoms with Crippen LogP contribution in [0.3, 0.4) is 0 Å². The van der Waals surface area contributed by atoms with E-state index in [0.717, 1.165) is 13.1 Å². The number of rotatable bonds is 5. The first-order chi connectivity index (χ1) is 6.20. The Hall–Kier alpha value is -0.610. The van der Waals surface area contributed by atoms with Gasteiger partial charge < -0.3 is 15.4 Å². The average molecular weight is 186 g/mol. The van der Waals surface area contributed by atoms with Gasteiger partial charge in [0.15, 0.2) is 0 Å². The summed E-state index contributed by atoms with van der Waals surface area (Å²) in [7, 11) is 0. The lowest BCUT2D eigenvalue weighted by Gasteiger charge is -2.25. The van der Waals surface area contributed by atoms with Gasteiger partial charge in [0.2, 0.25) is 5.91 Å². The van der Waals surface area contributed by atoms with Gasteiger partial charge in [-0.25, -0.2) is 0 Å². The number of hydrogen-bond acceptors (Lipinski definition) is 3. The second-order valence-corrected chi connectivity index (χ2v) is 3.57. The van der Waals surface area contributed by atoms with E-state index in [1.165, 1.54) is 0 Å². The van der Waals surface area contributed by atoms with Gasteiger partial charge in [-0.3, -0.25) is 4.79 Å². The number of carbonyl (C=O) groups is 1. The molecule has 1 aliphatic heterocycles. The molecule has 0 aromatic heterocycles. The molecule has 0 aromatic rings. The Bertz CT molecular complexity index is 167. The van der Waals surface area contributed by atoms with Crippen LogP contribution in [-0.2, 0) is 9.53 Å². The summed E-state index contributed by atoms with van der Waals surface area (Å²) in [6.45, 7) is 6.82. The van der Waals surface area contributed by atoms with Gasteiger partial charge in [-0.15, -0.1) is 0 Å². The molecule has 1 saturated heterocycles. The Morgan fingerprint density at radius 1 is 1.62 bits per heavy atom. The molecule has 0 aromatic carbocycles. The third-order valence-corrected chi connectivity index (χ3v) is 2.00. The third kappa shape index (κ3) is 3.74. The van der Waals surface area contributed by atoms with Crippen LogP contribution in [0.5, 0.6) is 0 Å². The van der Waals surface area contributed by atoms with Crippen molar-refractivity contribution in [2.45, 2.75) is 20.0 Å². The van der Waals surface area contributed by atoms with E-state index >= 15 is 0 Å². The minimum atomic E-state index is 0.145. The molecule has 76 valence electrons. The maximum absolute atomic E-state index is 11.3. The van der Waals surface area contributed by atoms with Crippen LogP contribution in [0.25, 0.3) is 0 Å². The molecule has 1 aliphatic rings. The van der Waals surface area contributed by atoms with Crippen LogP contribution in [-0.4, -0.2) is 38.3 Å². The summed E-state index contributed by atoms with van der Waals surface area (Å²) in [6, 6.07) is 0. The van der Waals surface area contributed by atoms with E-state index in [1.807, 2.05) is 13.8 Å². The predicted molar refractivity (Wildman–Crippen MR) is 50.5 cm³/mol. The van der Waals surface area contributed by atoms with Crippen molar-refractivity contribution in [1.29, 1.82) is 0 Å². The van der Waals surface area contributed by atoms with Crippen LogP contribution < -0.4 is 10.6 Å². The third-order valence-electron chi connectivity index (χ3n) is 2.00. The molecule has 0 atom stereocenters. The first-order valence-corrected chi connectivity index (χ1v) is 4.80. The lowest BCUT2D eigenvalue weighted by atomic mass is 10.0. The van der Waals surface area contributed by atoms with Gasteiger partial charge in [0, 0.05) is 19.6 Å². The van der Waals surface area contributed by atoms with Gasteiger partial charge in [-0.2, -0.15) is 0 Å². The zero-order valence-electron chi connectivity index (χ0n) is 8.30. The van der Waals surface area contributed by atoms with Gasteiger partial charge in [0.05, 0.1) is 18.6 Å². The SMILES string of the molecule is CC(C)OCCNC(=O)C1CNC1. The van der Waals surface area contributed by atoms with Crippen LogP contribution in [0.2, 0.25) is 0 Å². The largest absolute Gasteiger partial charge is 0.377 e. The molecule has 1 heterocycles. The van der Waals surface area contributed by atoms with E-state index in [1.54, 1.807) is 0 Å². The molecule has 0 spiro atoms. The first-order valence-electron chi connectivity index (χ1n) is 4.80. The number of carbonyl (C=O) groups excluding carboxylic acids is 1. The molecule has 0 aliphatic carbocycles. The monoisotopic (exact) mass is 186 g/mol. The lowest BCUT2D eigenvalue weighted by molar-refractivity contribution is -0.126. The van der Waals surface area contributed by atoms with Crippen molar-refractivity contribution in [2.24, 2.45) is 5.92 Å². The van der Waals surface area contributed by atoms with Crippen LogP contribution >= 0.6 is 0 Å². The van der Waals surface area contributed by atoms with Crippen molar-refractivity contribution in [3.63, 3.8) is 0 Å². The smallest absolute Gasteiger partial charge is 0.225 e. The molecule has 4 heteroatoms. The Kier molecular flexibility index (Phi) is 4.18. The van der Waals surface area contributed by atoms with Crippen molar-refractivity contribution in [2.75, 3.05) is 26.2 Å². The van der Waals surface area contributed by atoms with Crippen molar-refractivity contribution in [3.05, 3.63) is 0 Å². The first kappa shape index (κ1) is 10.5. The molecule has 1 fully saturated rings. The Morgan fingerprint density at radius 3 is 2.77 bits per heavy atom. The molecule has 4 nitrogen and oxygen atoms in total. The fraction of sp³-hybridized carbons (Fsp3) is 0.889. The molecule has 0 radical (unpaired) electrons. The van der Waals surface area contributed by atoms with Gasteiger partial charge >= 0.3 is 0 Å². The van der Waals surface area contributed by atoms with E-state index in [2.05, 4.69) is 10.6 Å². The van der Waals surface area contributed by atoms with E-state index in [4.69, 9.17) is 4.74 Å². The number of hydrogen-bond donors (Lipinski definition) is 2. The molecular weight excluding hydrogens is 168 g/mol. The van der Waals surface area contributed by atoms with Gasteiger partial charge in [-0.1, -0.05) is 0 Å². The van der Waals surface area contributed by atoms with E-state index in [9.17, 15) is 4.79 Å². The second-order valence-electron chi connectivity index (χ2n) is 3.57.